The topological polar surface area (TPSA) is 137 Å². The number of nitrogens with zero attached hydrogens (tertiary/aromatic N) is 3. The molecule has 1 aromatic carbocycles. The van der Waals surface area contributed by atoms with Gasteiger partial charge in [-0.15, -0.1) is 0 Å². The van der Waals surface area contributed by atoms with Gasteiger partial charge in [-0.2, -0.15) is 10.3 Å². The minimum absolute atomic E-state index is 0.0746. The van der Waals surface area contributed by atoms with E-state index in [9.17, 15) is 9.59 Å². The smallest absolute Gasteiger partial charge is 0.271 e. The van der Waals surface area contributed by atoms with Crippen LogP contribution in [0.4, 0.5) is 0 Å². The third kappa shape index (κ3) is 10.0. The Morgan fingerprint density at radius 1 is 0.973 bits per heavy atom. The largest absolute Gasteiger partial charge is 0.377 e. The van der Waals surface area contributed by atoms with E-state index < -0.39 is 8.53 Å². The summed E-state index contributed by atoms with van der Waals surface area (Å²) in [5.74, 6) is -0.570. The Balaban J connectivity index is 1.47. The molecule has 0 saturated heterocycles. The van der Waals surface area contributed by atoms with Gasteiger partial charge in [-0.3, -0.25) is 20.0 Å². The highest BCUT2D eigenvalue weighted by atomic mass is 31.2. The third-order valence-corrected chi connectivity index (χ3v) is 6.38. The normalized spacial score (nSPS) is 14.5. The van der Waals surface area contributed by atoms with E-state index in [0.717, 1.165) is 0 Å². The zero-order valence-corrected chi connectivity index (χ0v) is 23.1. The molecule has 1 aliphatic rings. The summed E-state index contributed by atoms with van der Waals surface area (Å²) in [7, 11) is -1.62. The lowest BCUT2D eigenvalue weighted by Crippen LogP contribution is -2.47. The van der Waals surface area contributed by atoms with Crippen LogP contribution >= 0.6 is 8.53 Å². The fourth-order valence-electron chi connectivity index (χ4n) is 3.81. The van der Waals surface area contributed by atoms with E-state index in [-0.39, 0.29) is 43.2 Å². The molecule has 0 radical (unpaired) electrons. The average Bonchev–Trinajstić information content (AvgIpc) is 3.11. The summed E-state index contributed by atoms with van der Waals surface area (Å²) in [5, 5.41) is 10.7. The third-order valence-electron chi connectivity index (χ3n) is 5.61. The van der Waals surface area contributed by atoms with Gasteiger partial charge in [0.1, 0.15) is 0 Å². The van der Waals surface area contributed by atoms with Crippen molar-refractivity contribution in [1.82, 2.24) is 9.96 Å². The number of fused-ring (bicyclic) bond motifs is 1. The number of hydrogen-bond acceptors (Lipinski definition) is 10. The van der Waals surface area contributed by atoms with Crippen molar-refractivity contribution in [1.29, 1.82) is 5.26 Å². The molecule has 37 heavy (non-hydrogen) atoms. The monoisotopic (exact) mass is 538 g/mol. The van der Waals surface area contributed by atoms with Crippen molar-refractivity contribution in [2.45, 2.75) is 52.1 Å². The van der Waals surface area contributed by atoms with Gasteiger partial charge >= 0.3 is 0 Å². The van der Waals surface area contributed by atoms with Crippen molar-refractivity contribution in [3.63, 3.8) is 0 Å². The Hall–Kier alpha value is -2.00. The molecule has 1 aliphatic heterocycles. The van der Waals surface area contributed by atoms with E-state index in [0.29, 0.717) is 57.0 Å². The van der Waals surface area contributed by atoms with Gasteiger partial charge in [-0.1, -0.05) is 12.1 Å². The first-order chi connectivity index (χ1) is 17.7. The molecule has 2 amide bonds. The SMILES string of the molecule is CC(C)N(OP(N)OCCOCCOCCOCCN1C(=O)c2ccccc2C1=O)C(C)(C)CCC#N. The first kappa shape index (κ1) is 31.2. The fraction of sp³-hybridized carbons (Fsp3) is 0.640. The number of imide groups is 1. The molecule has 1 unspecified atom stereocenters. The molecule has 1 aromatic rings. The predicted molar refractivity (Wildman–Crippen MR) is 138 cm³/mol. The lowest BCUT2D eigenvalue weighted by molar-refractivity contribution is -0.159. The molecule has 12 heteroatoms. The Labute approximate surface area is 220 Å². The van der Waals surface area contributed by atoms with Gasteiger partial charge in [0.2, 0.25) is 0 Å². The molecule has 0 fully saturated rings. The van der Waals surface area contributed by atoms with E-state index >= 15 is 0 Å². The summed E-state index contributed by atoms with van der Waals surface area (Å²) in [6, 6.07) is 9.03. The maximum absolute atomic E-state index is 12.3. The predicted octanol–water partition coefficient (Wildman–Crippen LogP) is 3.26. The van der Waals surface area contributed by atoms with Gasteiger partial charge < -0.3 is 18.7 Å². The molecule has 0 saturated carbocycles. The van der Waals surface area contributed by atoms with Crippen LogP contribution in [0.15, 0.2) is 24.3 Å². The number of hydroxylamine groups is 2. The summed E-state index contributed by atoms with van der Waals surface area (Å²) >= 11 is 0. The summed E-state index contributed by atoms with van der Waals surface area (Å²) in [6.45, 7) is 10.6. The lowest BCUT2D eigenvalue weighted by atomic mass is 9.97. The van der Waals surface area contributed by atoms with Crippen molar-refractivity contribution in [2.75, 3.05) is 52.8 Å². The number of ether oxygens (including phenoxy) is 3. The van der Waals surface area contributed by atoms with Crippen LogP contribution in [0.3, 0.4) is 0 Å². The molecule has 1 atom stereocenters. The van der Waals surface area contributed by atoms with Crippen molar-refractivity contribution in [2.24, 2.45) is 5.50 Å². The van der Waals surface area contributed by atoms with E-state index in [1.165, 1.54) is 4.90 Å². The first-order valence-electron chi connectivity index (χ1n) is 12.4. The van der Waals surface area contributed by atoms with Gasteiger partial charge in [-0.25, -0.2) is 4.62 Å². The van der Waals surface area contributed by atoms with Crippen LogP contribution in [-0.4, -0.2) is 86.2 Å². The van der Waals surface area contributed by atoms with E-state index in [1.807, 2.05) is 27.7 Å². The van der Waals surface area contributed by atoms with Crippen LogP contribution in [0, 0.1) is 11.3 Å². The minimum atomic E-state index is -1.62. The Morgan fingerprint density at radius 3 is 2.00 bits per heavy atom. The second kappa shape index (κ2) is 16.1. The average molecular weight is 539 g/mol. The molecule has 11 nitrogen and oxygen atoms in total. The zero-order valence-electron chi connectivity index (χ0n) is 22.2. The molecule has 0 aliphatic carbocycles. The second-order valence-corrected chi connectivity index (χ2v) is 10.2. The van der Waals surface area contributed by atoms with Crippen LogP contribution in [0.5, 0.6) is 0 Å². The van der Waals surface area contributed by atoms with Crippen LogP contribution in [0.1, 0.15) is 61.3 Å². The summed E-state index contributed by atoms with van der Waals surface area (Å²) in [6.07, 6.45) is 1.09. The molecule has 1 heterocycles. The quantitative estimate of drug-likeness (QED) is 0.121. The number of amides is 2. The van der Waals surface area contributed by atoms with Gasteiger partial charge in [0.05, 0.1) is 70.0 Å². The van der Waals surface area contributed by atoms with Crippen molar-refractivity contribution < 1.29 is 32.9 Å². The van der Waals surface area contributed by atoms with Crippen LogP contribution in [0.2, 0.25) is 0 Å². The van der Waals surface area contributed by atoms with Crippen LogP contribution < -0.4 is 5.50 Å². The highest BCUT2D eigenvalue weighted by Gasteiger charge is 2.34. The number of hydrogen-bond donors (Lipinski definition) is 1. The summed E-state index contributed by atoms with van der Waals surface area (Å²) in [5.41, 5.74) is 6.54. The molecule has 206 valence electrons. The fourth-order valence-corrected chi connectivity index (χ4v) is 4.70. The maximum atomic E-state index is 12.3. The van der Waals surface area contributed by atoms with E-state index in [2.05, 4.69) is 6.07 Å². The number of nitrogens with two attached hydrogens (primary N) is 1. The number of carbonyl (C=O) groups excluding carboxylic acids is 2. The van der Waals surface area contributed by atoms with Crippen molar-refractivity contribution >= 4 is 20.3 Å². The maximum Gasteiger partial charge on any atom is 0.271 e. The van der Waals surface area contributed by atoms with Gasteiger partial charge in [0, 0.05) is 18.0 Å². The highest BCUT2D eigenvalue weighted by Crippen LogP contribution is 2.36. The number of carbonyl (C=O) groups is 2. The number of benzene rings is 1. The Morgan fingerprint density at radius 2 is 1.49 bits per heavy atom. The Bertz CT molecular complexity index is 874. The second-order valence-electron chi connectivity index (χ2n) is 9.23. The van der Waals surface area contributed by atoms with Crippen LogP contribution in [-0.2, 0) is 23.4 Å². The van der Waals surface area contributed by atoms with Crippen molar-refractivity contribution in [3.8, 4) is 6.07 Å². The van der Waals surface area contributed by atoms with Gasteiger partial charge in [-0.05, 0) is 46.2 Å². The van der Waals surface area contributed by atoms with E-state index in [4.69, 9.17) is 34.1 Å². The minimum Gasteiger partial charge on any atom is -0.377 e. The molecular weight excluding hydrogens is 499 g/mol. The number of nitriles is 1. The zero-order chi connectivity index (χ0) is 27.3. The summed E-state index contributed by atoms with van der Waals surface area (Å²) < 4.78 is 27.8. The van der Waals surface area contributed by atoms with Crippen molar-refractivity contribution in [3.05, 3.63) is 35.4 Å². The van der Waals surface area contributed by atoms with E-state index in [1.54, 1.807) is 29.3 Å². The Kier molecular flexibility index (Phi) is 13.6. The van der Waals surface area contributed by atoms with Gasteiger partial charge in [0.15, 0.2) is 0 Å². The molecular formula is C25H39N4O7P. The molecule has 0 spiro atoms. The lowest BCUT2D eigenvalue weighted by Gasteiger charge is -2.40. The van der Waals surface area contributed by atoms with Gasteiger partial charge in [0.25, 0.3) is 20.3 Å². The summed E-state index contributed by atoms with van der Waals surface area (Å²) in [4.78, 5) is 25.8. The first-order valence-corrected chi connectivity index (χ1v) is 13.6. The number of rotatable bonds is 19. The molecule has 2 rings (SSSR count). The molecule has 2 N–H and O–H groups in total. The highest BCUT2D eigenvalue weighted by molar-refractivity contribution is 7.44. The molecule has 0 aromatic heterocycles. The standard InChI is InChI=1S/C25H39N4O7P/c1-20(2)29(25(3,4)10-7-11-26)36-37(27)35-19-18-34-17-16-33-15-14-32-13-12-28-23(30)21-8-5-6-9-22(21)24(28)31/h5-6,8-9,20H,7,10,12-19,27H2,1-4H3. The molecule has 0 bridgehead atoms. The van der Waals surface area contributed by atoms with Crippen LogP contribution in [0.25, 0.3) is 0 Å².